The van der Waals surface area contributed by atoms with Crippen LogP contribution in [-0.4, -0.2) is 29.6 Å². The number of ether oxygens (including phenoxy) is 1. The predicted octanol–water partition coefficient (Wildman–Crippen LogP) is 5.18. The molecule has 2 aromatic heterocycles. The molecule has 0 atom stereocenters. The second-order valence-electron chi connectivity index (χ2n) is 6.30. The standard InChI is InChI=1S/C19H17ClN4OS2/c1-25-16-5-3-2-4-13(16)15-11-26-18(22-15)12-6-8-24(9-7-12)19-14(10-21)17(20)23-27-19/h2-5,11-12H,6-9H2,1H3. The molecule has 0 N–H and O–H groups in total. The Labute approximate surface area is 171 Å². The highest BCUT2D eigenvalue weighted by Gasteiger charge is 2.27. The molecule has 0 unspecified atom stereocenters. The molecule has 4 rings (SSSR count). The van der Waals surface area contributed by atoms with Crippen molar-refractivity contribution < 1.29 is 4.74 Å². The van der Waals surface area contributed by atoms with Gasteiger partial charge in [-0.1, -0.05) is 23.7 Å². The Bertz CT molecular complexity index is 986. The summed E-state index contributed by atoms with van der Waals surface area (Å²) in [5.74, 6) is 1.28. The van der Waals surface area contributed by atoms with Gasteiger partial charge in [0.25, 0.3) is 0 Å². The van der Waals surface area contributed by atoms with E-state index in [9.17, 15) is 5.26 Å². The van der Waals surface area contributed by atoms with Crippen molar-refractivity contribution in [1.82, 2.24) is 9.36 Å². The molecule has 0 amide bonds. The molecule has 1 aliphatic rings. The topological polar surface area (TPSA) is 62.0 Å². The lowest BCUT2D eigenvalue weighted by molar-refractivity contribution is 0.416. The zero-order chi connectivity index (χ0) is 18.8. The van der Waals surface area contributed by atoms with Gasteiger partial charge in [-0.15, -0.1) is 11.3 Å². The molecule has 3 heterocycles. The van der Waals surface area contributed by atoms with Gasteiger partial charge in [0, 0.05) is 30.0 Å². The molecule has 27 heavy (non-hydrogen) atoms. The van der Waals surface area contributed by atoms with Crippen LogP contribution in [-0.2, 0) is 0 Å². The van der Waals surface area contributed by atoms with Crippen LogP contribution in [0.25, 0.3) is 11.3 Å². The van der Waals surface area contributed by atoms with Crippen molar-refractivity contribution in [1.29, 1.82) is 5.26 Å². The van der Waals surface area contributed by atoms with Crippen LogP contribution in [0.3, 0.4) is 0 Å². The first-order valence-corrected chi connectivity index (χ1v) is 10.6. The first-order valence-electron chi connectivity index (χ1n) is 8.60. The van der Waals surface area contributed by atoms with Crippen molar-refractivity contribution in [2.24, 2.45) is 0 Å². The number of hydrogen-bond donors (Lipinski definition) is 0. The predicted molar refractivity (Wildman–Crippen MR) is 110 cm³/mol. The average molecular weight is 417 g/mol. The SMILES string of the molecule is COc1ccccc1-c1csc(C2CCN(c3snc(Cl)c3C#N)CC2)n1. The summed E-state index contributed by atoms with van der Waals surface area (Å²) in [5, 5.41) is 13.8. The monoisotopic (exact) mass is 416 g/mol. The minimum atomic E-state index is 0.306. The Morgan fingerprint density at radius 3 is 2.81 bits per heavy atom. The van der Waals surface area contributed by atoms with E-state index in [1.807, 2.05) is 24.3 Å². The zero-order valence-electron chi connectivity index (χ0n) is 14.7. The van der Waals surface area contributed by atoms with Gasteiger partial charge in [-0.3, -0.25) is 0 Å². The highest BCUT2D eigenvalue weighted by atomic mass is 35.5. The number of methoxy groups -OCH3 is 1. The average Bonchev–Trinajstić information content (AvgIpc) is 3.35. The van der Waals surface area contributed by atoms with Crippen molar-refractivity contribution in [2.75, 3.05) is 25.1 Å². The number of rotatable bonds is 4. The first-order chi connectivity index (χ1) is 13.2. The van der Waals surface area contributed by atoms with Crippen molar-refractivity contribution >= 4 is 39.5 Å². The number of nitriles is 1. The molecule has 3 aromatic rings. The van der Waals surface area contributed by atoms with Gasteiger partial charge in [-0.2, -0.15) is 9.64 Å². The molecule has 8 heteroatoms. The lowest BCUT2D eigenvalue weighted by Crippen LogP contribution is -2.32. The van der Waals surface area contributed by atoms with Gasteiger partial charge in [0.15, 0.2) is 5.15 Å². The van der Waals surface area contributed by atoms with Crippen molar-refractivity contribution in [3.8, 4) is 23.1 Å². The Kier molecular flexibility index (Phi) is 5.30. The van der Waals surface area contributed by atoms with E-state index in [0.29, 0.717) is 16.6 Å². The summed E-state index contributed by atoms with van der Waals surface area (Å²) in [6, 6.07) is 10.1. The minimum absolute atomic E-state index is 0.306. The summed E-state index contributed by atoms with van der Waals surface area (Å²) < 4.78 is 9.57. The molecule has 1 aromatic carbocycles. The molecular formula is C19H17ClN4OS2. The zero-order valence-corrected chi connectivity index (χ0v) is 17.1. The van der Waals surface area contributed by atoms with E-state index < -0.39 is 0 Å². The Morgan fingerprint density at radius 1 is 1.30 bits per heavy atom. The molecular weight excluding hydrogens is 400 g/mol. The summed E-state index contributed by atoms with van der Waals surface area (Å²) in [6.45, 7) is 1.75. The third-order valence-electron chi connectivity index (χ3n) is 4.78. The van der Waals surface area contributed by atoms with Crippen LogP contribution < -0.4 is 9.64 Å². The quantitative estimate of drug-likeness (QED) is 0.586. The van der Waals surface area contributed by atoms with Crippen LogP contribution in [0, 0.1) is 11.3 Å². The maximum atomic E-state index is 9.29. The van der Waals surface area contributed by atoms with Gasteiger partial charge in [0.05, 0.1) is 17.8 Å². The van der Waals surface area contributed by atoms with E-state index in [0.717, 1.165) is 47.9 Å². The number of nitrogens with zero attached hydrogens (tertiary/aromatic N) is 4. The van der Waals surface area contributed by atoms with Crippen LogP contribution in [0.1, 0.15) is 29.3 Å². The smallest absolute Gasteiger partial charge is 0.162 e. The molecule has 0 radical (unpaired) electrons. The molecule has 0 saturated carbocycles. The van der Waals surface area contributed by atoms with Crippen LogP contribution in [0.5, 0.6) is 5.75 Å². The Balaban J connectivity index is 1.48. The van der Waals surface area contributed by atoms with Crippen molar-refractivity contribution in [3.05, 3.63) is 45.4 Å². The van der Waals surface area contributed by atoms with E-state index in [1.165, 1.54) is 16.5 Å². The Morgan fingerprint density at radius 2 is 2.07 bits per heavy atom. The van der Waals surface area contributed by atoms with Gasteiger partial charge in [0.1, 0.15) is 22.4 Å². The largest absolute Gasteiger partial charge is 0.496 e. The molecule has 1 fully saturated rings. The van der Waals surface area contributed by atoms with E-state index >= 15 is 0 Å². The third-order valence-corrected chi connectivity index (χ3v) is 7.07. The van der Waals surface area contributed by atoms with Crippen LogP contribution in [0.2, 0.25) is 5.15 Å². The summed E-state index contributed by atoms with van der Waals surface area (Å²) in [4.78, 5) is 7.10. The summed E-state index contributed by atoms with van der Waals surface area (Å²) in [6.07, 6.45) is 2.00. The molecule has 0 spiro atoms. The number of hydrogen-bond acceptors (Lipinski definition) is 7. The molecule has 1 aliphatic heterocycles. The minimum Gasteiger partial charge on any atom is -0.496 e. The maximum absolute atomic E-state index is 9.29. The fourth-order valence-electron chi connectivity index (χ4n) is 3.36. The first kappa shape index (κ1) is 18.2. The van der Waals surface area contributed by atoms with Crippen LogP contribution in [0.4, 0.5) is 5.00 Å². The number of piperidine rings is 1. The maximum Gasteiger partial charge on any atom is 0.162 e. The van der Waals surface area contributed by atoms with E-state index in [-0.39, 0.29) is 0 Å². The third kappa shape index (κ3) is 3.53. The molecule has 1 saturated heterocycles. The second-order valence-corrected chi connectivity index (χ2v) is 8.30. The Hall–Kier alpha value is -2.14. The highest BCUT2D eigenvalue weighted by molar-refractivity contribution is 7.11. The number of halogens is 1. The number of aromatic nitrogens is 2. The summed E-state index contributed by atoms with van der Waals surface area (Å²) in [5.41, 5.74) is 2.49. The molecule has 138 valence electrons. The second kappa shape index (κ2) is 7.85. The lowest BCUT2D eigenvalue weighted by atomic mass is 9.97. The van der Waals surface area contributed by atoms with Gasteiger partial charge in [-0.05, 0) is 36.5 Å². The lowest BCUT2D eigenvalue weighted by Gasteiger charge is -2.31. The summed E-state index contributed by atoms with van der Waals surface area (Å²) >= 11 is 9.02. The van der Waals surface area contributed by atoms with Gasteiger partial charge >= 0.3 is 0 Å². The number of para-hydroxylation sites is 1. The van der Waals surface area contributed by atoms with Crippen LogP contribution >= 0.6 is 34.5 Å². The van der Waals surface area contributed by atoms with Crippen molar-refractivity contribution in [2.45, 2.75) is 18.8 Å². The molecule has 5 nitrogen and oxygen atoms in total. The highest BCUT2D eigenvalue weighted by Crippen LogP contribution is 2.38. The van der Waals surface area contributed by atoms with E-state index in [2.05, 4.69) is 20.7 Å². The van der Waals surface area contributed by atoms with Crippen molar-refractivity contribution in [3.63, 3.8) is 0 Å². The van der Waals surface area contributed by atoms with Crippen LogP contribution in [0.15, 0.2) is 29.6 Å². The van der Waals surface area contributed by atoms with E-state index in [4.69, 9.17) is 21.3 Å². The van der Waals surface area contributed by atoms with Gasteiger partial charge < -0.3 is 9.64 Å². The number of benzene rings is 1. The number of anilines is 1. The fraction of sp³-hybridized carbons (Fsp3) is 0.316. The van der Waals surface area contributed by atoms with E-state index in [1.54, 1.807) is 18.4 Å². The van der Waals surface area contributed by atoms with Gasteiger partial charge in [-0.25, -0.2) is 4.98 Å². The number of thiazole rings is 1. The fourth-order valence-corrected chi connectivity index (χ4v) is 5.43. The molecule has 0 aliphatic carbocycles. The van der Waals surface area contributed by atoms with Gasteiger partial charge in [0.2, 0.25) is 0 Å². The molecule has 0 bridgehead atoms. The normalized spacial score (nSPS) is 14.9. The summed E-state index contributed by atoms with van der Waals surface area (Å²) in [7, 11) is 1.68.